The first kappa shape index (κ1) is 11.8. The maximum absolute atomic E-state index is 5.13. The Hall–Kier alpha value is -0.310. The van der Waals surface area contributed by atoms with E-state index in [1.807, 2.05) is 6.07 Å². The Bertz CT molecular complexity index is 288. The van der Waals surface area contributed by atoms with Crippen LogP contribution in [0.25, 0.3) is 0 Å². The topological polar surface area (TPSA) is 26.0 Å². The molecule has 1 rings (SSSR count). The molecule has 1 aromatic rings. The molecule has 1 heterocycles. The summed E-state index contributed by atoms with van der Waals surface area (Å²) in [5.74, 6) is 1.65. The molecule has 0 N–H and O–H groups in total. The van der Waals surface area contributed by atoms with Gasteiger partial charge in [0.1, 0.15) is 10.4 Å². The van der Waals surface area contributed by atoms with Crippen LogP contribution >= 0.6 is 15.9 Å². The van der Waals surface area contributed by atoms with Crippen molar-refractivity contribution in [1.82, 2.24) is 5.16 Å². The van der Waals surface area contributed by atoms with Gasteiger partial charge in [0.15, 0.2) is 0 Å². The molecule has 0 spiro atoms. The maximum Gasteiger partial charge on any atom is 0.149 e. The second-order valence-electron chi connectivity index (χ2n) is 4.92. The van der Waals surface area contributed by atoms with Crippen molar-refractivity contribution >= 4 is 15.9 Å². The molecule has 3 heteroatoms. The third-order valence-corrected chi connectivity index (χ3v) is 3.21. The van der Waals surface area contributed by atoms with Crippen LogP contribution in [0.15, 0.2) is 15.2 Å². The number of halogens is 1. The minimum absolute atomic E-state index is 0.372. The number of nitrogens with zero attached hydrogens (tertiary/aromatic N) is 1. The van der Waals surface area contributed by atoms with Gasteiger partial charge in [-0.3, -0.25) is 0 Å². The zero-order valence-corrected chi connectivity index (χ0v) is 10.9. The molecule has 1 unspecified atom stereocenters. The van der Waals surface area contributed by atoms with Crippen LogP contribution in [0.4, 0.5) is 0 Å². The highest BCUT2D eigenvalue weighted by molar-refractivity contribution is 9.10. The fourth-order valence-corrected chi connectivity index (χ4v) is 1.53. The highest BCUT2D eigenvalue weighted by atomic mass is 79.9. The van der Waals surface area contributed by atoms with Gasteiger partial charge in [0.2, 0.25) is 0 Å². The van der Waals surface area contributed by atoms with E-state index in [0.717, 1.165) is 23.2 Å². The van der Waals surface area contributed by atoms with Crippen molar-refractivity contribution in [1.29, 1.82) is 0 Å². The Morgan fingerprint density at radius 2 is 2.14 bits per heavy atom. The first-order valence-corrected chi connectivity index (χ1v) is 5.80. The third kappa shape index (κ3) is 3.45. The van der Waals surface area contributed by atoms with E-state index >= 15 is 0 Å². The number of aromatic nitrogens is 1. The van der Waals surface area contributed by atoms with Crippen LogP contribution < -0.4 is 0 Å². The van der Waals surface area contributed by atoms with E-state index in [2.05, 4.69) is 48.8 Å². The van der Waals surface area contributed by atoms with Gasteiger partial charge in [-0.05, 0) is 33.7 Å². The van der Waals surface area contributed by atoms with Crippen molar-refractivity contribution < 1.29 is 4.52 Å². The lowest BCUT2D eigenvalue weighted by Gasteiger charge is -2.26. The van der Waals surface area contributed by atoms with E-state index in [0.29, 0.717) is 11.3 Å². The molecule has 0 bridgehead atoms. The Morgan fingerprint density at radius 1 is 1.50 bits per heavy atom. The van der Waals surface area contributed by atoms with Crippen molar-refractivity contribution in [2.24, 2.45) is 11.3 Å². The lowest BCUT2D eigenvalue weighted by Crippen LogP contribution is -2.17. The molecule has 1 atom stereocenters. The highest BCUT2D eigenvalue weighted by Gasteiger charge is 2.20. The fourth-order valence-electron chi connectivity index (χ4n) is 1.20. The van der Waals surface area contributed by atoms with Crippen molar-refractivity contribution in [2.45, 2.75) is 40.5 Å². The molecular formula is C11H18BrNO. The van der Waals surface area contributed by atoms with Gasteiger partial charge in [0, 0.05) is 12.5 Å². The smallest absolute Gasteiger partial charge is 0.149 e. The molecular weight excluding hydrogens is 242 g/mol. The summed E-state index contributed by atoms with van der Waals surface area (Å²) >= 11 is 3.27. The predicted molar refractivity (Wildman–Crippen MR) is 61.1 cm³/mol. The van der Waals surface area contributed by atoms with Crippen molar-refractivity contribution in [2.75, 3.05) is 0 Å². The second kappa shape index (κ2) is 4.47. The standard InChI is InChI=1S/C11H18BrNO/c1-8(11(2,3)4)5-6-9-7-10(12)13-14-9/h7-8H,5-6H2,1-4H3. The van der Waals surface area contributed by atoms with Crippen molar-refractivity contribution in [3.63, 3.8) is 0 Å². The van der Waals surface area contributed by atoms with Crippen LogP contribution in [-0.4, -0.2) is 5.16 Å². The Morgan fingerprint density at radius 3 is 2.57 bits per heavy atom. The van der Waals surface area contributed by atoms with E-state index in [4.69, 9.17) is 4.52 Å². The van der Waals surface area contributed by atoms with Gasteiger partial charge in [-0.1, -0.05) is 32.9 Å². The third-order valence-electron chi connectivity index (χ3n) is 2.83. The van der Waals surface area contributed by atoms with Gasteiger partial charge in [-0.15, -0.1) is 0 Å². The monoisotopic (exact) mass is 259 g/mol. The summed E-state index contributed by atoms with van der Waals surface area (Å²) < 4.78 is 5.92. The van der Waals surface area contributed by atoms with Gasteiger partial charge >= 0.3 is 0 Å². The summed E-state index contributed by atoms with van der Waals surface area (Å²) in [6.45, 7) is 9.10. The van der Waals surface area contributed by atoms with Crippen LogP contribution in [-0.2, 0) is 6.42 Å². The van der Waals surface area contributed by atoms with Crippen LogP contribution in [0.1, 0.15) is 39.9 Å². The molecule has 80 valence electrons. The minimum Gasteiger partial charge on any atom is -0.360 e. The first-order chi connectivity index (χ1) is 6.39. The first-order valence-electron chi connectivity index (χ1n) is 5.00. The average Bonchev–Trinajstić information content (AvgIpc) is 2.45. The average molecular weight is 260 g/mol. The molecule has 0 saturated carbocycles. The molecule has 2 nitrogen and oxygen atoms in total. The number of hydrogen-bond donors (Lipinski definition) is 0. The summed E-state index contributed by atoms with van der Waals surface area (Å²) in [5.41, 5.74) is 0.372. The van der Waals surface area contributed by atoms with E-state index in [1.54, 1.807) is 0 Å². The summed E-state index contributed by atoms with van der Waals surface area (Å²) in [4.78, 5) is 0. The molecule has 1 aromatic heterocycles. The Kier molecular flexibility index (Phi) is 3.76. The Balaban J connectivity index is 2.41. The number of aryl methyl sites for hydroxylation is 1. The molecule has 0 fully saturated rings. The lowest BCUT2D eigenvalue weighted by atomic mass is 9.79. The molecule has 14 heavy (non-hydrogen) atoms. The molecule has 0 aliphatic carbocycles. The zero-order chi connectivity index (χ0) is 10.8. The molecule has 0 amide bonds. The quantitative estimate of drug-likeness (QED) is 0.819. The van der Waals surface area contributed by atoms with Crippen LogP contribution in [0, 0.1) is 11.3 Å². The van der Waals surface area contributed by atoms with Gasteiger partial charge in [-0.25, -0.2) is 0 Å². The molecule has 0 saturated heterocycles. The maximum atomic E-state index is 5.13. The van der Waals surface area contributed by atoms with Crippen LogP contribution in [0.5, 0.6) is 0 Å². The van der Waals surface area contributed by atoms with Gasteiger partial charge in [0.25, 0.3) is 0 Å². The highest BCUT2D eigenvalue weighted by Crippen LogP contribution is 2.29. The summed E-state index contributed by atoms with van der Waals surface area (Å²) in [6, 6.07) is 1.94. The van der Waals surface area contributed by atoms with E-state index in [9.17, 15) is 0 Å². The van der Waals surface area contributed by atoms with Crippen molar-refractivity contribution in [3.8, 4) is 0 Å². The van der Waals surface area contributed by atoms with E-state index in [-0.39, 0.29) is 0 Å². The fraction of sp³-hybridized carbons (Fsp3) is 0.727. The van der Waals surface area contributed by atoms with Gasteiger partial charge < -0.3 is 4.52 Å². The SMILES string of the molecule is CC(CCc1cc(Br)no1)C(C)(C)C. The summed E-state index contributed by atoms with van der Waals surface area (Å²) in [7, 11) is 0. The largest absolute Gasteiger partial charge is 0.360 e. The van der Waals surface area contributed by atoms with Gasteiger partial charge in [-0.2, -0.15) is 0 Å². The second-order valence-corrected chi connectivity index (χ2v) is 5.73. The van der Waals surface area contributed by atoms with E-state index < -0.39 is 0 Å². The van der Waals surface area contributed by atoms with E-state index in [1.165, 1.54) is 0 Å². The van der Waals surface area contributed by atoms with Crippen LogP contribution in [0.3, 0.4) is 0 Å². The summed E-state index contributed by atoms with van der Waals surface area (Å²) in [5, 5.41) is 3.80. The minimum atomic E-state index is 0.372. The number of hydrogen-bond acceptors (Lipinski definition) is 2. The normalized spacial score (nSPS) is 14.4. The predicted octanol–water partition coefficient (Wildman–Crippen LogP) is 4.05. The van der Waals surface area contributed by atoms with Crippen LogP contribution in [0.2, 0.25) is 0 Å². The molecule has 0 aromatic carbocycles. The summed E-state index contributed by atoms with van der Waals surface area (Å²) in [6.07, 6.45) is 2.11. The van der Waals surface area contributed by atoms with Crippen molar-refractivity contribution in [3.05, 3.63) is 16.4 Å². The molecule has 0 aliphatic heterocycles. The van der Waals surface area contributed by atoms with Gasteiger partial charge in [0.05, 0.1) is 0 Å². The number of rotatable bonds is 3. The zero-order valence-electron chi connectivity index (χ0n) is 9.30. The molecule has 0 aliphatic rings. The lowest BCUT2D eigenvalue weighted by molar-refractivity contribution is 0.240. The molecule has 0 radical (unpaired) electrons. The Labute approximate surface area is 94.2 Å².